The van der Waals surface area contributed by atoms with Crippen LogP contribution in [0, 0.1) is 17.0 Å². The second-order valence-corrected chi connectivity index (χ2v) is 8.73. The number of hydrazone groups is 1. The molecule has 0 aliphatic heterocycles. The first-order valence-electron chi connectivity index (χ1n) is 10.7. The largest absolute Gasteiger partial charge is 0.455 e. The van der Waals surface area contributed by atoms with Gasteiger partial charge in [-0.1, -0.05) is 0 Å². The average Bonchev–Trinajstić information content (AvgIpc) is 3.22. The van der Waals surface area contributed by atoms with Crippen molar-refractivity contribution in [2.45, 2.75) is 26.2 Å². The number of furan rings is 1. The standard InChI is InChI=1S/C23H19BrN6O6/c1-12-19-17(26-27-22(32)14-9-15(24)11-25-10-14)3-2-4-18(19)36-20(12)23(33)29-28-21(31)13-5-7-16(8-6-13)30(34)35/h5-11H,2-4H2,1H3,(H,27,32)(H,28,31)(H,29,33)/b26-17+. The summed E-state index contributed by atoms with van der Waals surface area (Å²) in [5, 5.41) is 15.0. The van der Waals surface area contributed by atoms with Crippen molar-refractivity contribution < 1.29 is 23.7 Å². The van der Waals surface area contributed by atoms with Gasteiger partial charge in [0.1, 0.15) is 5.76 Å². The lowest BCUT2D eigenvalue weighted by molar-refractivity contribution is -0.384. The maximum Gasteiger partial charge on any atom is 0.305 e. The molecule has 0 unspecified atom stereocenters. The van der Waals surface area contributed by atoms with Crippen molar-refractivity contribution in [3.05, 3.63) is 91.1 Å². The normalized spacial score (nSPS) is 13.6. The number of halogens is 1. The Morgan fingerprint density at radius 3 is 2.47 bits per heavy atom. The molecular formula is C23H19BrN6O6. The van der Waals surface area contributed by atoms with E-state index in [1.165, 1.54) is 30.5 Å². The monoisotopic (exact) mass is 554 g/mol. The molecule has 184 valence electrons. The van der Waals surface area contributed by atoms with Gasteiger partial charge in [-0.25, -0.2) is 5.43 Å². The van der Waals surface area contributed by atoms with E-state index in [1.807, 2.05) is 0 Å². The Hall–Kier alpha value is -4.39. The molecule has 2 aromatic heterocycles. The van der Waals surface area contributed by atoms with Crippen molar-refractivity contribution in [2.24, 2.45) is 5.10 Å². The summed E-state index contributed by atoms with van der Waals surface area (Å²) < 4.78 is 6.43. The van der Waals surface area contributed by atoms with Crippen molar-refractivity contribution >= 4 is 45.1 Å². The number of carbonyl (C=O) groups is 3. The summed E-state index contributed by atoms with van der Waals surface area (Å²) >= 11 is 3.27. The fourth-order valence-corrected chi connectivity index (χ4v) is 4.06. The molecule has 1 aromatic carbocycles. The van der Waals surface area contributed by atoms with E-state index in [4.69, 9.17) is 4.42 Å². The first-order valence-corrected chi connectivity index (χ1v) is 11.5. The van der Waals surface area contributed by atoms with Gasteiger partial charge in [0, 0.05) is 52.1 Å². The summed E-state index contributed by atoms with van der Waals surface area (Å²) in [5.41, 5.74) is 9.10. The molecule has 1 aliphatic rings. The Balaban J connectivity index is 1.46. The highest BCUT2D eigenvalue weighted by Crippen LogP contribution is 2.29. The van der Waals surface area contributed by atoms with Crippen LogP contribution in [0.15, 0.2) is 56.7 Å². The number of carbonyl (C=O) groups excluding carboxylic acids is 3. The Kier molecular flexibility index (Phi) is 7.20. The minimum atomic E-state index is -0.680. The lowest BCUT2D eigenvalue weighted by Gasteiger charge is -2.13. The van der Waals surface area contributed by atoms with Gasteiger partial charge in [-0.15, -0.1) is 0 Å². The highest BCUT2D eigenvalue weighted by molar-refractivity contribution is 9.10. The first kappa shape index (κ1) is 24.7. The quantitative estimate of drug-likeness (QED) is 0.321. The number of amides is 3. The molecule has 4 rings (SSSR count). The molecule has 3 N–H and O–H groups in total. The number of fused-ring (bicyclic) bond motifs is 1. The number of aryl methyl sites for hydroxylation is 1. The summed E-state index contributed by atoms with van der Waals surface area (Å²) in [6, 6.07) is 6.54. The number of rotatable bonds is 5. The second-order valence-electron chi connectivity index (χ2n) is 7.81. The average molecular weight is 555 g/mol. The summed E-state index contributed by atoms with van der Waals surface area (Å²) in [6.45, 7) is 1.69. The van der Waals surface area contributed by atoms with Crippen molar-refractivity contribution in [3.63, 3.8) is 0 Å². The zero-order valence-corrected chi connectivity index (χ0v) is 20.4. The number of benzene rings is 1. The van der Waals surface area contributed by atoms with Gasteiger partial charge in [0.2, 0.25) is 0 Å². The summed E-state index contributed by atoms with van der Waals surface area (Å²) in [5.74, 6) is -1.21. The first-order chi connectivity index (χ1) is 17.2. The predicted octanol–water partition coefficient (Wildman–Crippen LogP) is 3.20. The van der Waals surface area contributed by atoms with Crippen LogP contribution in [0.2, 0.25) is 0 Å². The van der Waals surface area contributed by atoms with Crippen molar-refractivity contribution in [1.82, 2.24) is 21.3 Å². The molecule has 0 saturated carbocycles. The molecule has 13 heteroatoms. The summed E-state index contributed by atoms with van der Waals surface area (Å²) in [6.07, 6.45) is 4.85. The maximum absolute atomic E-state index is 12.7. The van der Waals surface area contributed by atoms with Gasteiger partial charge >= 0.3 is 5.91 Å². The summed E-state index contributed by atoms with van der Waals surface area (Å²) in [7, 11) is 0. The van der Waals surface area contributed by atoms with Crippen LogP contribution in [0.5, 0.6) is 0 Å². The van der Waals surface area contributed by atoms with Gasteiger partial charge in [-0.05, 0) is 53.9 Å². The molecule has 0 atom stereocenters. The molecule has 12 nitrogen and oxygen atoms in total. The number of aromatic nitrogens is 1. The van der Waals surface area contributed by atoms with E-state index in [0.29, 0.717) is 51.9 Å². The summed E-state index contributed by atoms with van der Waals surface area (Å²) in [4.78, 5) is 51.6. The Morgan fingerprint density at radius 2 is 1.78 bits per heavy atom. The highest BCUT2D eigenvalue weighted by Gasteiger charge is 2.28. The lowest BCUT2D eigenvalue weighted by atomic mass is 9.93. The number of hydrogen-bond acceptors (Lipinski definition) is 8. The number of nitro groups is 1. The minimum absolute atomic E-state index is 0.00103. The van der Waals surface area contributed by atoms with E-state index < -0.39 is 22.6 Å². The smallest absolute Gasteiger partial charge is 0.305 e. The van der Waals surface area contributed by atoms with E-state index in [2.05, 4.69) is 42.3 Å². The predicted molar refractivity (Wildman–Crippen MR) is 130 cm³/mol. The zero-order chi connectivity index (χ0) is 25.8. The molecule has 36 heavy (non-hydrogen) atoms. The van der Waals surface area contributed by atoms with Crippen LogP contribution >= 0.6 is 15.9 Å². The molecular weight excluding hydrogens is 536 g/mol. The topological polar surface area (TPSA) is 169 Å². The van der Waals surface area contributed by atoms with Crippen molar-refractivity contribution in [2.75, 3.05) is 0 Å². The van der Waals surface area contributed by atoms with Gasteiger partial charge in [-0.3, -0.25) is 40.3 Å². The fourth-order valence-electron chi connectivity index (χ4n) is 3.69. The van der Waals surface area contributed by atoms with Crippen LogP contribution in [-0.2, 0) is 6.42 Å². The van der Waals surface area contributed by atoms with E-state index >= 15 is 0 Å². The number of nitrogens with zero attached hydrogens (tertiary/aromatic N) is 3. The Bertz CT molecular complexity index is 1400. The molecule has 0 fully saturated rings. The number of nitro benzene ring substituents is 1. The molecule has 2 heterocycles. The molecule has 0 saturated heterocycles. The Morgan fingerprint density at radius 1 is 1.06 bits per heavy atom. The molecule has 3 aromatic rings. The Labute approximate surface area is 212 Å². The highest BCUT2D eigenvalue weighted by atomic mass is 79.9. The van der Waals surface area contributed by atoms with Crippen LogP contribution < -0.4 is 16.3 Å². The lowest BCUT2D eigenvalue weighted by Crippen LogP contribution is -2.41. The maximum atomic E-state index is 12.7. The second kappa shape index (κ2) is 10.5. The van der Waals surface area contributed by atoms with E-state index in [0.717, 1.165) is 0 Å². The van der Waals surface area contributed by atoms with Crippen LogP contribution in [0.1, 0.15) is 61.0 Å². The number of pyridine rings is 1. The molecule has 0 spiro atoms. The molecule has 3 amide bonds. The molecule has 0 bridgehead atoms. The van der Waals surface area contributed by atoms with Gasteiger partial charge < -0.3 is 4.42 Å². The molecule has 1 aliphatic carbocycles. The number of hydrogen-bond donors (Lipinski definition) is 3. The fraction of sp³-hybridized carbons (Fsp3) is 0.174. The number of hydrazine groups is 1. The third kappa shape index (κ3) is 5.30. The third-order valence-electron chi connectivity index (χ3n) is 5.42. The minimum Gasteiger partial charge on any atom is -0.455 e. The van der Waals surface area contributed by atoms with Crippen LogP contribution in [0.4, 0.5) is 5.69 Å². The molecule has 0 radical (unpaired) electrons. The van der Waals surface area contributed by atoms with E-state index in [9.17, 15) is 24.5 Å². The van der Waals surface area contributed by atoms with E-state index in [-0.39, 0.29) is 17.0 Å². The SMILES string of the molecule is Cc1c(C(=O)NNC(=O)c2ccc([N+](=O)[O-])cc2)oc2c1/C(=N/NC(=O)c1cncc(Br)c1)CCC2. The van der Waals surface area contributed by atoms with Crippen LogP contribution in [0.3, 0.4) is 0 Å². The van der Waals surface area contributed by atoms with Gasteiger partial charge in [0.15, 0.2) is 5.76 Å². The third-order valence-corrected chi connectivity index (χ3v) is 5.85. The van der Waals surface area contributed by atoms with Crippen LogP contribution in [-0.4, -0.2) is 33.3 Å². The number of non-ortho nitro benzene ring substituents is 1. The van der Waals surface area contributed by atoms with Crippen LogP contribution in [0.25, 0.3) is 0 Å². The van der Waals surface area contributed by atoms with Gasteiger partial charge in [-0.2, -0.15) is 5.10 Å². The van der Waals surface area contributed by atoms with Crippen molar-refractivity contribution in [3.8, 4) is 0 Å². The van der Waals surface area contributed by atoms with E-state index in [1.54, 1.807) is 19.2 Å². The van der Waals surface area contributed by atoms with Crippen molar-refractivity contribution in [1.29, 1.82) is 0 Å². The number of nitrogens with one attached hydrogen (secondary N) is 3. The van der Waals surface area contributed by atoms with Gasteiger partial charge in [0.05, 0.1) is 16.2 Å². The zero-order valence-electron chi connectivity index (χ0n) is 18.8. The van der Waals surface area contributed by atoms with Gasteiger partial charge in [0.25, 0.3) is 17.5 Å².